The maximum absolute atomic E-state index is 11.5. The van der Waals surface area contributed by atoms with Gasteiger partial charge in [-0.3, -0.25) is 0 Å². The molecular weight excluding hydrogens is 520 g/mol. The third-order valence-electron chi connectivity index (χ3n) is 6.91. The molecule has 7 nitrogen and oxygen atoms in total. The summed E-state index contributed by atoms with van der Waals surface area (Å²) < 4.78 is 39.0. The molecule has 0 spiro atoms. The van der Waals surface area contributed by atoms with Crippen molar-refractivity contribution in [3.05, 3.63) is 144 Å². The number of hydrogen-bond acceptors (Lipinski definition) is 7. The molecule has 1 heterocycles. The van der Waals surface area contributed by atoms with Gasteiger partial charge in [-0.25, -0.2) is 0 Å². The second kappa shape index (κ2) is 14.5. The summed E-state index contributed by atoms with van der Waals surface area (Å²) in [6.45, 7) is 0.993. The second-order valence-electron chi connectivity index (χ2n) is 10.0. The molecule has 2 N–H and O–H groups in total. The minimum atomic E-state index is -2.44. The standard InChI is InChI=1S/C34H36O7/c35-34(36)33(40-24-29-19-11-4-12-20-29)32(39-23-28-17-9-3-10-18-28)31(38-22-27-15-7-2-8-16-27)30(41-34)25-37-21-26-13-5-1-6-14-26/h1-20,30-33,35-36H,21-25H2/t30-,31-,32+,33-/m1/s1/i35D/t30-,31-,32+,33-,34?. The quantitative estimate of drug-likeness (QED) is 0.211. The van der Waals surface area contributed by atoms with Crippen LogP contribution >= 0.6 is 0 Å². The van der Waals surface area contributed by atoms with Gasteiger partial charge in [-0.2, -0.15) is 0 Å². The van der Waals surface area contributed by atoms with E-state index in [9.17, 15) is 5.11 Å². The van der Waals surface area contributed by atoms with Crippen LogP contribution in [0.2, 0.25) is 0 Å². The van der Waals surface area contributed by atoms with Gasteiger partial charge in [0.2, 0.25) is 1.43 Å². The minimum Gasteiger partial charge on any atom is -0.374 e. The summed E-state index contributed by atoms with van der Waals surface area (Å²) in [5.41, 5.74) is 3.76. The van der Waals surface area contributed by atoms with Crippen LogP contribution in [0.15, 0.2) is 121 Å². The fourth-order valence-electron chi connectivity index (χ4n) is 4.82. The lowest BCUT2D eigenvalue weighted by Gasteiger charge is -2.47. The highest BCUT2D eigenvalue weighted by molar-refractivity contribution is 5.16. The largest absolute Gasteiger partial charge is 0.374 e. The van der Waals surface area contributed by atoms with Gasteiger partial charge >= 0.3 is 5.97 Å². The van der Waals surface area contributed by atoms with E-state index in [0.717, 1.165) is 22.3 Å². The average molecular weight is 558 g/mol. The molecule has 0 radical (unpaired) electrons. The summed E-state index contributed by atoms with van der Waals surface area (Å²) >= 11 is 0. The Bertz CT molecular complexity index is 1310. The molecule has 1 unspecified atom stereocenters. The summed E-state index contributed by atoms with van der Waals surface area (Å²) in [4.78, 5) is 0. The van der Waals surface area contributed by atoms with E-state index in [4.69, 9.17) is 30.2 Å². The van der Waals surface area contributed by atoms with Gasteiger partial charge in [0.25, 0.3) is 0 Å². The second-order valence-corrected chi connectivity index (χ2v) is 10.0. The number of hydrogen-bond donors (Lipinski definition) is 2. The van der Waals surface area contributed by atoms with Gasteiger partial charge in [0.05, 0.1) is 33.0 Å². The fraction of sp³-hybridized carbons (Fsp3) is 0.294. The highest BCUT2D eigenvalue weighted by atomic mass is 16.8. The lowest BCUT2D eigenvalue weighted by atomic mass is 9.96. The fourth-order valence-corrected chi connectivity index (χ4v) is 4.82. The van der Waals surface area contributed by atoms with Crippen LogP contribution in [0, 0.1) is 0 Å². The molecule has 0 bridgehead atoms. The molecule has 0 saturated carbocycles. The monoisotopic (exact) mass is 557 g/mol. The van der Waals surface area contributed by atoms with Crippen molar-refractivity contribution < 1.29 is 33.9 Å². The van der Waals surface area contributed by atoms with E-state index in [0.29, 0.717) is 6.61 Å². The third-order valence-corrected chi connectivity index (χ3v) is 6.91. The molecular formula is C34H36O7. The molecule has 4 aromatic carbocycles. The van der Waals surface area contributed by atoms with Crippen LogP contribution in [0.4, 0.5) is 0 Å². The van der Waals surface area contributed by atoms with Crippen LogP contribution in [0.5, 0.6) is 0 Å². The first-order chi connectivity index (χ1) is 20.6. The van der Waals surface area contributed by atoms with Crippen molar-refractivity contribution in [1.82, 2.24) is 0 Å². The minimum absolute atomic E-state index is 0.0522. The average Bonchev–Trinajstić information content (AvgIpc) is 3.05. The molecule has 0 aromatic heterocycles. The molecule has 41 heavy (non-hydrogen) atoms. The van der Waals surface area contributed by atoms with Gasteiger partial charge < -0.3 is 33.9 Å². The Morgan fingerprint density at radius 2 is 1.00 bits per heavy atom. The Balaban J connectivity index is 1.42. The highest BCUT2D eigenvalue weighted by Crippen LogP contribution is 2.34. The number of ether oxygens (including phenoxy) is 5. The van der Waals surface area contributed by atoms with Crippen LogP contribution in [0.1, 0.15) is 22.3 Å². The summed E-state index contributed by atoms with van der Waals surface area (Å²) in [5, 5.41) is 16.4. The van der Waals surface area contributed by atoms with E-state index in [-0.39, 0.29) is 26.4 Å². The van der Waals surface area contributed by atoms with E-state index in [1.807, 2.05) is 121 Å². The zero-order valence-corrected chi connectivity index (χ0v) is 22.8. The van der Waals surface area contributed by atoms with Gasteiger partial charge in [0.1, 0.15) is 18.3 Å². The summed E-state index contributed by atoms with van der Waals surface area (Å²) in [7, 11) is 0. The van der Waals surface area contributed by atoms with Crippen LogP contribution in [-0.2, 0) is 50.1 Å². The molecule has 1 aliphatic heterocycles. The molecule has 214 valence electrons. The molecule has 5 atom stereocenters. The Morgan fingerprint density at radius 1 is 0.585 bits per heavy atom. The molecule has 1 saturated heterocycles. The summed E-state index contributed by atoms with van der Waals surface area (Å²) in [5.74, 6) is -2.44. The molecule has 1 fully saturated rings. The lowest BCUT2D eigenvalue weighted by Crippen LogP contribution is -2.67. The van der Waals surface area contributed by atoms with Gasteiger partial charge in [-0.1, -0.05) is 121 Å². The van der Waals surface area contributed by atoms with Crippen molar-refractivity contribution in [2.24, 2.45) is 0 Å². The Labute approximate surface area is 242 Å². The smallest absolute Gasteiger partial charge is 0.309 e. The predicted molar refractivity (Wildman–Crippen MR) is 153 cm³/mol. The maximum Gasteiger partial charge on any atom is 0.309 e. The van der Waals surface area contributed by atoms with Crippen molar-refractivity contribution in [2.75, 3.05) is 6.61 Å². The van der Waals surface area contributed by atoms with E-state index in [2.05, 4.69) is 0 Å². The molecule has 0 aliphatic carbocycles. The Hall–Kier alpha value is -3.40. The first-order valence-electron chi connectivity index (χ1n) is 14.2. The van der Waals surface area contributed by atoms with Crippen molar-refractivity contribution in [1.29, 1.82) is 1.43 Å². The topological polar surface area (TPSA) is 86.6 Å². The molecule has 1 aliphatic rings. The Morgan fingerprint density at radius 3 is 1.46 bits per heavy atom. The van der Waals surface area contributed by atoms with Gasteiger partial charge in [-0.15, -0.1) is 0 Å². The van der Waals surface area contributed by atoms with Crippen molar-refractivity contribution in [2.45, 2.75) is 56.8 Å². The maximum atomic E-state index is 11.5. The molecule has 5 rings (SSSR count). The van der Waals surface area contributed by atoms with Crippen LogP contribution in [-0.4, -0.2) is 48.6 Å². The van der Waals surface area contributed by atoms with Crippen LogP contribution in [0.25, 0.3) is 0 Å². The van der Waals surface area contributed by atoms with E-state index in [1.54, 1.807) is 0 Å². The molecule has 0 amide bonds. The lowest BCUT2D eigenvalue weighted by molar-refractivity contribution is -0.447. The van der Waals surface area contributed by atoms with E-state index in [1.165, 1.54) is 0 Å². The van der Waals surface area contributed by atoms with Crippen molar-refractivity contribution >= 4 is 0 Å². The van der Waals surface area contributed by atoms with Crippen LogP contribution < -0.4 is 0 Å². The SMILES string of the molecule is [2H]OC1(O)O[C@H](COCc2ccccc2)[C@@H](OCc2ccccc2)[C@H](OCc2ccccc2)[C@H]1OCc1ccccc1. The van der Waals surface area contributed by atoms with E-state index >= 15 is 0 Å². The third kappa shape index (κ3) is 8.31. The van der Waals surface area contributed by atoms with Crippen LogP contribution in [0.3, 0.4) is 0 Å². The van der Waals surface area contributed by atoms with Crippen molar-refractivity contribution in [3.8, 4) is 0 Å². The molecule has 7 heteroatoms. The number of rotatable bonds is 14. The van der Waals surface area contributed by atoms with Gasteiger partial charge in [-0.05, 0) is 22.3 Å². The summed E-state index contributed by atoms with van der Waals surface area (Å²) in [6.07, 6.45) is -3.68. The zero-order valence-electron chi connectivity index (χ0n) is 23.8. The molecule has 4 aromatic rings. The number of aliphatic hydroxyl groups is 2. The highest BCUT2D eigenvalue weighted by Gasteiger charge is 2.56. The first-order valence-corrected chi connectivity index (χ1v) is 13.8. The van der Waals surface area contributed by atoms with Crippen molar-refractivity contribution in [3.63, 3.8) is 0 Å². The Kier molecular flexibility index (Phi) is 9.80. The van der Waals surface area contributed by atoms with E-state index < -0.39 is 30.4 Å². The van der Waals surface area contributed by atoms with Gasteiger partial charge in [0, 0.05) is 0 Å². The first kappa shape index (κ1) is 27.8. The number of benzene rings is 4. The predicted octanol–water partition coefficient (Wildman–Crippen LogP) is 5.00. The summed E-state index contributed by atoms with van der Waals surface area (Å²) in [6, 6.07) is 38.8. The normalized spacial score (nSPS) is 24.6. The zero-order chi connectivity index (χ0) is 29.0. The van der Waals surface area contributed by atoms with Gasteiger partial charge in [0.15, 0.2) is 6.10 Å².